The van der Waals surface area contributed by atoms with E-state index in [4.69, 9.17) is 4.74 Å². The van der Waals surface area contributed by atoms with Crippen LogP contribution in [-0.4, -0.2) is 62.6 Å². The molecule has 2 aromatic rings. The molecule has 0 radical (unpaired) electrons. The van der Waals surface area contributed by atoms with Crippen molar-refractivity contribution < 1.29 is 27.9 Å². The molecule has 0 spiro atoms. The number of methoxy groups -OCH3 is 1. The van der Waals surface area contributed by atoms with E-state index >= 15 is 0 Å². The maximum absolute atomic E-state index is 14.0. The SMILES string of the molecule is CCCC(=O)Nc1cccc(C2CCN(CCCNC(=O)C3=C(COC)NC(=O)NC3c3ccc(F)c(F)c3)CC2)c1. The van der Waals surface area contributed by atoms with Gasteiger partial charge >= 0.3 is 6.03 Å². The number of likely N-dealkylation sites (tertiary alicyclic amines) is 1. The monoisotopic (exact) mass is 583 g/mol. The molecule has 4 N–H and O–H groups in total. The smallest absolute Gasteiger partial charge is 0.319 e. The number of ether oxygens (including phenoxy) is 1. The minimum absolute atomic E-state index is 0.0285. The van der Waals surface area contributed by atoms with E-state index in [-0.39, 0.29) is 29.3 Å². The van der Waals surface area contributed by atoms with Crippen LogP contribution in [0.25, 0.3) is 0 Å². The number of urea groups is 1. The Morgan fingerprint density at radius 3 is 2.57 bits per heavy atom. The van der Waals surface area contributed by atoms with Crippen LogP contribution in [-0.2, 0) is 14.3 Å². The molecule has 1 fully saturated rings. The highest BCUT2D eigenvalue weighted by Crippen LogP contribution is 2.30. The van der Waals surface area contributed by atoms with Crippen molar-refractivity contribution in [2.75, 3.05) is 45.2 Å². The molecule has 2 aliphatic rings. The maximum Gasteiger partial charge on any atom is 0.319 e. The molecule has 2 heterocycles. The molecule has 1 atom stereocenters. The molecule has 2 aromatic carbocycles. The number of amides is 4. The number of piperidine rings is 1. The Morgan fingerprint density at radius 2 is 1.86 bits per heavy atom. The van der Waals surface area contributed by atoms with Crippen LogP contribution in [0.2, 0.25) is 0 Å². The van der Waals surface area contributed by atoms with Gasteiger partial charge in [0.2, 0.25) is 5.91 Å². The number of halogens is 2. The van der Waals surface area contributed by atoms with Gasteiger partial charge in [0.15, 0.2) is 11.6 Å². The number of hydrogen-bond donors (Lipinski definition) is 4. The summed E-state index contributed by atoms with van der Waals surface area (Å²) in [5.41, 5.74) is 2.78. The lowest BCUT2D eigenvalue weighted by Gasteiger charge is -2.32. The fraction of sp³-hybridized carbons (Fsp3) is 0.452. The maximum atomic E-state index is 14.0. The number of hydrogen-bond acceptors (Lipinski definition) is 5. The molecule has 4 rings (SSSR count). The number of rotatable bonds is 12. The minimum Gasteiger partial charge on any atom is -0.378 e. The van der Waals surface area contributed by atoms with Crippen LogP contribution in [0.1, 0.15) is 62.1 Å². The van der Waals surface area contributed by atoms with E-state index in [0.29, 0.717) is 18.9 Å². The van der Waals surface area contributed by atoms with Crippen molar-refractivity contribution in [3.63, 3.8) is 0 Å². The standard InChI is InChI=1S/C31H39F2N5O4/c1-3-6-27(39)35-23-8-4-7-21(17-23)20-11-15-38(16-12-20)14-5-13-34-30(40)28-26(19-42-2)36-31(41)37-29(28)22-9-10-24(32)25(33)18-22/h4,7-10,17-18,20,29H,3,5-6,11-16,19H2,1-2H3,(H,34,40)(H,35,39)(H2,36,37,41). The summed E-state index contributed by atoms with van der Waals surface area (Å²) in [7, 11) is 1.44. The van der Waals surface area contributed by atoms with Crippen LogP contribution < -0.4 is 21.3 Å². The first kappa shape index (κ1) is 31.1. The number of anilines is 1. The number of nitrogens with zero attached hydrogens (tertiary/aromatic N) is 1. The van der Waals surface area contributed by atoms with E-state index in [2.05, 4.69) is 38.3 Å². The summed E-state index contributed by atoms with van der Waals surface area (Å²) >= 11 is 0. The largest absolute Gasteiger partial charge is 0.378 e. The topological polar surface area (TPSA) is 112 Å². The van der Waals surface area contributed by atoms with Crippen molar-refractivity contribution in [2.24, 2.45) is 0 Å². The zero-order valence-corrected chi connectivity index (χ0v) is 24.1. The summed E-state index contributed by atoms with van der Waals surface area (Å²) in [5, 5.41) is 11.1. The Kier molecular flexibility index (Phi) is 11.0. The Hall–Kier alpha value is -3.83. The molecule has 1 saturated heterocycles. The van der Waals surface area contributed by atoms with Crippen molar-refractivity contribution in [3.05, 3.63) is 76.5 Å². The normalized spacial score (nSPS) is 17.9. The summed E-state index contributed by atoms with van der Waals surface area (Å²) in [6.45, 7) is 5.04. The highest BCUT2D eigenvalue weighted by molar-refractivity contribution is 5.98. The van der Waals surface area contributed by atoms with Crippen molar-refractivity contribution in [3.8, 4) is 0 Å². The predicted molar refractivity (Wildman–Crippen MR) is 156 cm³/mol. The fourth-order valence-corrected chi connectivity index (χ4v) is 5.50. The van der Waals surface area contributed by atoms with Crippen molar-refractivity contribution in [2.45, 2.75) is 51.0 Å². The Labute approximate surface area is 245 Å². The van der Waals surface area contributed by atoms with Crippen LogP contribution in [0.4, 0.5) is 19.3 Å². The molecule has 0 aliphatic carbocycles. The van der Waals surface area contributed by atoms with Gasteiger partial charge in [0.25, 0.3) is 5.91 Å². The Morgan fingerprint density at radius 1 is 1.07 bits per heavy atom. The van der Waals surface area contributed by atoms with Gasteiger partial charge in [-0.2, -0.15) is 0 Å². The Balaban J connectivity index is 1.29. The van der Waals surface area contributed by atoms with E-state index in [1.54, 1.807) is 0 Å². The third-order valence-electron chi connectivity index (χ3n) is 7.61. The number of carbonyl (C=O) groups excluding carboxylic acids is 3. The molecule has 226 valence electrons. The van der Waals surface area contributed by atoms with Gasteiger partial charge < -0.3 is 30.9 Å². The summed E-state index contributed by atoms with van der Waals surface area (Å²) < 4.78 is 32.7. The van der Waals surface area contributed by atoms with Crippen LogP contribution in [0.5, 0.6) is 0 Å². The van der Waals surface area contributed by atoms with Crippen LogP contribution in [0.3, 0.4) is 0 Å². The third kappa shape index (κ3) is 8.13. The van der Waals surface area contributed by atoms with Crippen LogP contribution >= 0.6 is 0 Å². The van der Waals surface area contributed by atoms with E-state index in [1.165, 1.54) is 18.7 Å². The summed E-state index contributed by atoms with van der Waals surface area (Å²) in [6.07, 6.45) is 4.06. The zero-order chi connectivity index (χ0) is 30.1. The van der Waals surface area contributed by atoms with E-state index in [9.17, 15) is 23.2 Å². The predicted octanol–water partition coefficient (Wildman–Crippen LogP) is 4.34. The molecule has 9 nitrogen and oxygen atoms in total. The second-order valence-electron chi connectivity index (χ2n) is 10.7. The highest BCUT2D eigenvalue weighted by Gasteiger charge is 2.33. The van der Waals surface area contributed by atoms with Gasteiger partial charge in [0.05, 0.1) is 23.9 Å². The van der Waals surface area contributed by atoms with Gasteiger partial charge in [0.1, 0.15) is 0 Å². The average molecular weight is 584 g/mol. The molecule has 0 aromatic heterocycles. The molecule has 42 heavy (non-hydrogen) atoms. The van der Waals surface area contributed by atoms with Crippen molar-refractivity contribution in [1.29, 1.82) is 0 Å². The van der Waals surface area contributed by atoms with Gasteiger partial charge in [-0.3, -0.25) is 9.59 Å². The summed E-state index contributed by atoms with van der Waals surface area (Å²) in [6, 6.07) is 9.87. The van der Waals surface area contributed by atoms with Crippen molar-refractivity contribution >= 4 is 23.5 Å². The quantitative estimate of drug-likeness (QED) is 0.278. The minimum atomic E-state index is -1.07. The van der Waals surface area contributed by atoms with E-state index in [0.717, 1.165) is 63.1 Å². The van der Waals surface area contributed by atoms with Gasteiger partial charge in [-0.1, -0.05) is 25.1 Å². The second kappa shape index (κ2) is 14.9. The molecule has 0 saturated carbocycles. The van der Waals surface area contributed by atoms with Gasteiger partial charge in [-0.05, 0) is 86.6 Å². The highest BCUT2D eigenvalue weighted by atomic mass is 19.2. The number of nitrogens with one attached hydrogen (secondary N) is 4. The van der Waals surface area contributed by atoms with Gasteiger partial charge in [-0.15, -0.1) is 0 Å². The first-order valence-corrected chi connectivity index (χ1v) is 14.4. The van der Waals surface area contributed by atoms with Gasteiger partial charge in [0, 0.05) is 25.8 Å². The molecule has 2 aliphatic heterocycles. The molecule has 1 unspecified atom stereocenters. The first-order valence-electron chi connectivity index (χ1n) is 14.4. The van der Waals surface area contributed by atoms with E-state index in [1.807, 2.05) is 19.1 Å². The lowest BCUT2D eigenvalue weighted by Crippen LogP contribution is -2.48. The van der Waals surface area contributed by atoms with Gasteiger partial charge in [-0.25, -0.2) is 13.6 Å². The molecular weight excluding hydrogens is 544 g/mol. The molecule has 0 bridgehead atoms. The molecule has 11 heteroatoms. The summed E-state index contributed by atoms with van der Waals surface area (Å²) in [4.78, 5) is 39.9. The zero-order valence-electron chi connectivity index (χ0n) is 24.1. The van der Waals surface area contributed by atoms with Crippen LogP contribution in [0, 0.1) is 11.6 Å². The lowest BCUT2D eigenvalue weighted by atomic mass is 9.89. The molecular formula is C31H39F2N5O4. The lowest BCUT2D eigenvalue weighted by molar-refractivity contribution is -0.118. The summed E-state index contributed by atoms with van der Waals surface area (Å²) in [5.74, 6) is -2.04. The second-order valence-corrected chi connectivity index (χ2v) is 10.7. The van der Waals surface area contributed by atoms with Crippen LogP contribution in [0.15, 0.2) is 53.7 Å². The first-order chi connectivity index (χ1) is 20.3. The molecule has 4 amide bonds. The third-order valence-corrected chi connectivity index (χ3v) is 7.61. The van der Waals surface area contributed by atoms with Crippen molar-refractivity contribution in [1.82, 2.24) is 20.9 Å². The fourth-order valence-electron chi connectivity index (χ4n) is 5.50. The average Bonchev–Trinajstić information content (AvgIpc) is 2.97. The number of carbonyl (C=O) groups is 3. The Bertz CT molecular complexity index is 1310. The van der Waals surface area contributed by atoms with E-state index < -0.39 is 29.6 Å². The number of benzene rings is 2.